The van der Waals surface area contributed by atoms with Crippen molar-refractivity contribution in [3.8, 4) is 5.69 Å². The zero-order chi connectivity index (χ0) is 20.2. The fourth-order valence-electron chi connectivity index (χ4n) is 3.16. The van der Waals surface area contributed by atoms with E-state index >= 15 is 0 Å². The largest absolute Gasteiger partial charge is 0.349 e. The van der Waals surface area contributed by atoms with Crippen molar-refractivity contribution in [3.63, 3.8) is 0 Å². The molecule has 0 aliphatic rings. The number of hydrogen-bond acceptors (Lipinski definition) is 5. The molecule has 0 bridgehead atoms. The van der Waals surface area contributed by atoms with Gasteiger partial charge >= 0.3 is 0 Å². The van der Waals surface area contributed by atoms with Crippen LogP contribution in [0.5, 0.6) is 0 Å². The lowest BCUT2D eigenvalue weighted by molar-refractivity contribution is -0.119. The highest BCUT2D eigenvalue weighted by Gasteiger charge is 2.14. The Kier molecular flexibility index (Phi) is 5.57. The van der Waals surface area contributed by atoms with Gasteiger partial charge in [-0.3, -0.25) is 4.79 Å². The van der Waals surface area contributed by atoms with Gasteiger partial charge in [0.2, 0.25) is 11.1 Å². The van der Waals surface area contributed by atoms with Gasteiger partial charge in [-0.05, 0) is 64.4 Å². The zero-order valence-electron chi connectivity index (χ0n) is 16.2. The van der Waals surface area contributed by atoms with Crippen molar-refractivity contribution >= 4 is 28.4 Å². The van der Waals surface area contributed by atoms with Gasteiger partial charge in [0.25, 0.3) is 0 Å². The normalized spacial score (nSPS) is 12.1. The summed E-state index contributed by atoms with van der Waals surface area (Å²) in [5.41, 5.74) is 3.07. The lowest BCUT2D eigenvalue weighted by atomic mass is 10.0. The fourth-order valence-corrected chi connectivity index (χ4v) is 3.87. The van der Waals surface area contributed by atoms with Crippen molar-refractivity contribution in [1.82, 2.24) is 25.5 Å². The molecule has 0 saturated carbocycles. The van der Waals surface area contributed by atoms with E-state index in [-0.39, 0.29) is 17.7 Å². The second-order valence-corrected chi connectivity index (χ2v) is 7.84. The van der Waals surface area contributed by atoms with Gasteiger partial charge in [0.1, 0.15) is 0 Å². The van der Waals surface area contributed by atoms with Crippen molar-refractivity contribution in [2.75, 3.05) is 5.75 Å². The summed E-state index contributed by atoms with van der Waals surface area (Å²) in [5.74, 6) is 0.179. The van der Waals surface area contributed by atoms with Gasteiger partial charge in [0.15, 0.2) is 0 Å². The third-order valence-corrected chi connectivity index (χ3v) is 5.59. The van der Waals surface area contributed by atoms with Crippen LogP contribution in [0, 0.1) is 6.92 Å². The van der Waals surface area contributed by atoms with E-state index in [9.17, 15) is 4.79 Å². The fraction of sp³-hybridized carbons (Fsp3) is 0.182. The number of nitrogens with zero attached hydrogens (tertiary/aromatic N) is 4. The molecular weight excluding hydrogens is 382 g/mol. The van der Waals surface area contributed by atoms with E-state index in [1.54, 1.807) is 4.68 Å². The first-order valence-corrected chi connectivity index (χ1v) is 10.3. The molecule has 0 aliphatic heterocycles. The molecule has 1 aromatic heterocycles. The first kappa shape index (κ1) is 19.1. The second kappa shape index (κ2) is 8.45. The van der Waals surface area contributed by atoms with Gasteiger partial charge < -0.3 is 5.32 Å². The van der Waals surface area contributed by atoms with Crippen LogP contribution in [0.2, 0.25) is 0 Å². The Morgan fingerprint density at radius 2 is 1.90 bits per heavy atom. The van der Waals surface area contributed by atoms with Crippen molar-refractivity contribution in [2.45, 2.75) is 25.0 Å². The molecule has 0 spiro atoms. The Bertz CT molecular complexity index is 1160. The van der Waals surface area contributed by atoms with Crippen LogP contribution < -0.4 is 5.32 Å². The SMILES string of the molecule is Cc1cccc(-n2nnnc2SCC(=O)NC(C)c2ccc3ccccc3c2)c1. The van der Waals surface area contributed by atoms with Gasteiger partial charge in [-0.15, -0.1) is 5.10 Å². The van der Waals surface area contributed by atoms with E-state index < -0.39 is 0 Å². The van der Waals surface area contributed by atoms with Crippen LogP contribution in [0.3, 0.4) is 0 Å². The number of aromatic nitrogens is 4. The molecule has 3 aromatic carbocycles. The first-order valence-electron chi connectivity index (χ1n) is 9.36. The monoisotopic (exact) mass is 403 g/mol. The Hall–Kier alpha value is -3.19. The molecule has 0 aliphatic carbocycles. The average molecular weight is 404 g/mol. The Morgan fingerprint density at radius 3 is 2.72 bits per heavy atom. The van der Waals surface area contributed by atoms with E-state index in [0.717, 1.165) is 22.2 Å². The van der Waals surface area contributed by atoms with E-state index in [1.807, 2.05) is 50.2 Å². The molecule has 1 unspecified atom stereocenters. The maximum atomic E-state index is 12.5. The summed E-state index contributed by atoms with van der Waals surface area (Å²) in [6.45, 7) is 4.01. The molecule has 7 heteroatoms. The quantitative estimate of drug-likeness (QED) is 0.491. The van der Waals surface area contributed by atoms with E-state index in [1.165, 1.54) is 17.1 Å². The van der Waals surface area contributed by atoms with Crippen LogP contribution >= 0.6 is 11.8 Å². The topological polar surface area (TPSA) is 72.7 Å². The van der Waals surface area contributed by atoms with Crippen LogP contribution in [-0.2, 0) is 4.79 Å². The summed E-state index contributed by atoms with van der Waals surface area (Å²) in [7, 11) is 0. The van der Waals surface area contributed by atoms with E-state index in [4.69, 9.17) is 0 Å². The van der Waals surface area contributed by atoms with Crippen molar-refractivity contribution < 1.29 is 4.79 Å². The molecular formula is C22H21N5OS. The van der Waals surface area contributed by atoms with Crippen molar-refractivity contribution in [1.29, 1.82) is 0 Å². The van der Waals surface area contributed by atoms with Crippen molar-refractivity contribution in [2.24, 2.45) is 0 Å². The number of nitrogens with one attached hydrogen (secondary N) is 1. The number of tetrazole rings is 1. The number of amides is 1. The standard InChI is InChI=1S/C22H21N5OS/c1-15-6-5-9-20(12-15)27-22(24-25-26-27)29-14-21(28)23-16(2)18-11-10-17-7-3-4-8-19(17)13-18/h3-13,16H,14H2,1-2H3,(H,23,28). The number of carbonyl (C=O) groups is 1. The highest BCUT2D eigenvalue weighted by Crippen LogP contribution is 2.22. The molecule has 1 amide bonds. The van der Waals surface area contributed by atoms with Crippen LogP contribution in [0.4, 0.5) is 0 Å². The summed E-state index contributed by atoms with van der Waals surface area (Å²) in [6, 6.07) is 22.3. The van der Waals surface area contributed by atoms with Gasteiger partial charge in [-0.25, -0.2) is 0 Å². The molecule has 1 N–H and O–H groups in total. The number of benzene rings is 3. The molecule has 0 fully saturated rings. The second-order valence-electron chi connectivity index (χ2n) is 6.90. The smallest absolute Gasteiger partial charge is 0.230 e. The Balaban J connectivity index is 1.39. The lowest BCUT2D eigenvalue weighted by Crippen LogP contribution is -2.28. The van der Waals surface area contributed by atoms with Crippen molar-refractivity contribution in [3.05, 3.63) is 77.9 Å². The van der Waals surface area contributed by atoms with E-state index in [0.29, 0.717) is 5.16 Å². The molecule has 1 atom stereocenters. The number of aryl methyl sites for hydroxylation is 1. The zero-order valence-corrected chi connectivity index (χ0v) is 17.1. The third-order valence-electron chi connectivity index (χ3n) is 4.67. The molecule has 4 aromatic rings. The predicted octanol–water partition coefficient (Wildman–Crippen LogP) is 4.09. The number of rotatable bonds is 6. The molecule has 0 radical (unpaired) electrons. The highest BCUT2D eigenvalue weighted by molar-refractivity contribution is 7.99. The van der Waals surface area contributed by atoms with Gasteiger partial charge in [0, 0.05) is 0 Å². The maximum Gasteiger partial charge on any atom is 0.230 e. The third kappa shape index (κ3) is 4.46. The molecule has 4 rings (SSSR count). The Morgan fingerprint density at radius 1 is 1.07 bits per heavy atom. The van der Waals surface area contributed by atoms with Gasteiger partial charge in [0.05, 0.1) is 17.5 Å². The minimum absolute atomic E-state index is 0.0607. The number of thioether (sulfide) groups is 1. The lowest BCUT2D eigenvalue weighted by Gasteiger charge is -2.15. The van der Waals surface area contributed by atoms with Crippen LogP contribution in [0.1, 0.15) is 24.1 Å². The summed E-state index contributed by atoms with van der Waals surface area (Å²) >= 11 is 1.32. The minimum atomic E-state index is -0.0829. The summed E-state index contributed by atoms with van der Waals surface area (Å²) in [6.07, 6.45) is 0. The molecule has 0 saturated heterocycles. The molecule has 146 valence electrons. The van der Waals surface area contributed by atoms with Gasteiger partial charge in [-0.1, -0.05) is 60.3 Å². The summed E-state index contributed by atoms with van der Waals surface area (Å²) in [4.78, 5) is 12.5. The molecule has 1 heterocycles. The predicted molar refractivity (Wildman–Crippen MR) is 115 cm³/mol. The molecule has 6 nitrogen and oxygen atoms in total. The minimum Gasteiger partial charge on any atom is -0.349 e. The Labute approximate surface area is 173 Å². The first-order chi connectivity index (χ1) is 14.1. The maximum absolute atomic E-state index is 12.5. The van der Waals surface area contributed by atoms with Crippen LogP contribution in [0.25, 0.3) is 16.5 Å². The number of fused-ring (bicyclic) bond motifs is 1. The summed E-state index contributed by atoms with van der Waals surface area (Å²) in [5, 5.41) is 17.8. The average Bonchev–Trinajstić information content (AvgIpc) is 3.20. The summed E-state index contributed by atoms with van der Waals surface area (Å²) < 4.78 is 1.65. The van der Waals surface area contributed by atoms with Gasteiger partial charge in [-0.2, -0.15) is 4.68 Å². The highest BCUT2D eigenvalue weighted by atomic mass is 32.2. The molecule has 29 heavy (non-hydrogen) atoms. The van der Waals surface area contributed by atoms with E-state index in [2.05, 4.69) is 51.2 Å². The number of hydrogen-bond donors (Lipinski definition) is 1. The van der Waals surface area contributed by atoms with Crippen LogP contribution in [-0.4, -0.2) is 31.9 Å². The van der Waals surface area contributed by atoms with Crippen LogP contribution in [0.15, 0.2) is 71.9 Å². The number of carbonyl (C=O) groups excluding carboxylic acids is 1.